The quantitative estimate of drug-likeness (QED) is 0.480. The van der Waals surface area contributed by atoms with Crippen molar-refractivity contribution >= 4 is 40.3 Å². The van der Waals surface area contributed by atoms with Crippen LogP contribution in [-0.2, 0) is 5.75 Å². The number of halogens is 1. The van der Waals surface area contributed by atoms with Crippen molar-refractivity contribution in [2.75, 3.05) is 7.11 Å². The second-order valence-electron chi connectivity index (χ2n) is 6.37. The lowest BCUT2D eigenvalue weighted by atomic mass is 10.0. The first-order valence-corrected chi connectivity index (χ1v) is 10.2. The van der Waals surface area contributed by atoms with Crippen LogP contribution in [0, 0.1) is 10.1 Å². The Hall–Kier alpha value is -3.04. The van der Waals surface area contributed by atoms with E-state index in [1.807, 2.05) is 24.3 Å². The summed E-state index contributed by atoms with van der Waals surface area (Å²) in [5.74, 6) is 1.21. The third-order valence-corrected chi connectivity index (χ3v) is 5.85. The molecule has 3 rings (SSSR count). The highest BCUT2D eigenvalue weighted by atomic mass is 35.5. The molecule has 0 radical (unpaired) electrons. The number of amidine groups is 1. The van der Waals surface area contributed by atoms with Gasteiger partial charge in [-0.1, -0.05) is 47.6 Å². The minimum atomic E-state index is -1.23. The number of thioether (sulfide) groups is 1. The average molecular weight is 448 g/mol. The number of carboxylic acid groups (broad SMARTS) is 1. The number of hydrogen-bond acceptors (Lipinski definition) is 6. The summed E-state index contributed by atoms with van der Waals surface area (Å²) in [5, 5.41) is 21.3. The van der Waals surface area contributed by atoms with E-state index in [9.17, 15) is 20.0 Å². The number of allylic oxidation sites excluding steroid dienone is 1. The van der Waals surface area contributed by atoms with Crippen molar-refractivity contribution in [1.29, 1.82) is 0 Å². The number of nitrogens with zero attached hydrogens (tertiary/aromatic N) is 3. The van der Waals surface area contributed by atoms with E-state index in [1.54, 1.807) is 26.2 Å². The molecule has 1 heterocycles. The molecule has 2 aromatic carbocycles. The van der Waals surface area contributed by atoms with Crippen molar-refractivity contribution in [2.45, 2.75) is 18.7 Å². The smallest absolute Gasteiger partial charge is 0.414 e. The summed E-state index contributed by atoms with van der Waals surface area (Å²) >= 11 is 7.51. The fourth-order valence-electron chi connectivity index (χ4n) is 2.97. The maximum absolute atomic E-state index is 12.1. The van der Waals surface area contributed by atoms with Crippen molar-refractivity contribution in [3.63, 3.8) is 0 Å². The van der Waals surface area contributed by atoms with Gasteiger partial charge >= 0.3 is 6.09 Å². The number of benzene rings is 2. The summed E-state index contributed by atoms with van der Waals surface area (Å²) in [6.07, 6.45) is 0.392. The van der Waals surface area contributed by atoms with Crippen LogP contribution in [0.15, 0.2) is 59.2 Å². The van der Waals surface area contributed by atoms with Crippen LogP contribution in [0.2, 0.25) is 5.02 Å². The van der Waals surface area contributed by atoms with Gasteiger partial charge in [-0.25, -0.2) is 14.7 Å². The van der Waals surface area contributed by atoms with Gasteiger partial charge < -0.3 is 9.84 Å². The molecule has 8 nitrogen and oxygen atoms in total. The normalized spacial score (nSPS) is 16.0. The van der Waals surface area contributed by atoms with Gasteiger partial charge in [-0.05, 0) is 30.7 Å². The highest BCUT2D eigenvalue weighted by molar-refractivity contribution is 8.13. The van der Waals surface area contributed by atoms with Crippen LogP contribution >= 0.6 is 23.4 Å². The number of methoxy groups -OCH3 is 1. The lowest BCUT2D eigenvalue weighted by Crippen LogP contribution is -2.39. The number of rotatable bonds is 5. The molecule has 1 atom stereocenters. The van der Waals surface area contributed by atoms with E-state index in [4.69, 9.17) is 16.3 Å². The van der Waals surface area contributed by atoms with E-state index in [1.165, 1.54) is 23.9 Å². The number of nitro benzene ring substituents is 1. The van der Waals surface area contributed by atoms with Crippen LogP contribution < -0.4 is 4.74 Å². The number of carbonyl (C=O) groups is 1. The molecule has 2 aromatic rings. The monoisotopic (exact) mass is 447 g/mol. The van der Waals surface area contributed by atoms with Crippen molar-refractivity contribution in [1.82, 2.24) is 4.90 Å². The summed E-state index contributed by atoms with van der Waals surface area (Å²) in [5.41, 5.74) is 1.61. The van der Waals surface area contributed by atoms with Crippen molar-refractivity contribution in [3.05, 3.63) is 80.5 Å². The molecule has 156 valence electrons. The highest BCUT2D eigenvalue weighted by Gasteiger charge is 2.34. The molecular formula is C20H18ClN3O5S. The van der Waals surface area contributed by atoms with Gasteiger partial charge in [0.25, 0.3) is 5.69 Å². The van der Waals surface area contributed by atoms with Gasteiger partial charge in [0.05, 0.1) is 18.1 Å². The molecule has 0 saturated heterocycles. The van der Waals surface area contributed by atoms with Crippen LogP contribution in [-0.4, -0.2) is 33.3 Å². The summed E-state index contributed by atoms with van der Waals surface area (Å²) in [6, 6.07) is 10.9. The Labute approximate surface area is 182 Å². The zero-order valence-corrected chi connectivity index (χ0v) is 17.7. The molecule has 0 spiro atoms. The van der Waals surface area contributed by atoms with Gasteiger partial charge in [0.2, 0.25) is 0 Å². The minimum Gasteiger partial charge on any atom is -0.497 e. The zero-order valence-electron chi connectivity index (χ0n) is 16.1. The molecule has 30 heavy (non-hydrogen) atoms. The first kappa shape index (κ1) is 21.7. The summed E-state index contributed by atoms with van der Waals surface area (Å²) in [6.45, 7) is 1.74. The minimum absolute atomic E-state index is 0.0933. The molecule has 0 aromatic heterocycles. The van der Waals surface area contributed by atoms with Crippen LogP contribution in [0.25, 0.3) is 0 Å². The standard InChI is InChI=1S/C20H18ClN3O5S/c1-12-10-17(15-4-3-5-16(18(15)21)24(27)28)23(20(25)26)19(22-12)30-11-13-6-8-14(29-2)9-7-13/h3-10,17H,11H2,1-2H3,(H,25,26). The Kier molecular flexibility index (Phi) is 6.63. The van der Waals surface area contributed by atoms with Crippen LogP contribution in [0.5, 0.6) is 5.75 Å². The molecule has 1 N–H and O–H groups in total. The van der Waals surface area contributed by atoms with Crippen LogP contribution in [0.1, 0.15) is 24.1 Å². The predicted molar refractivity (Wildman–Crippen MR) is 116 cm³/mol. The second-order valence-corrected chi connectivity index (χ2v) is 7.69. The first-order valence-electron chi connectivity index (χ1n) is 8.79. The number of hydrogen-bond donors (Lipinski definition) is 1. The lowest BCUT2D eigenvalue weighted by molar-refractivity contribution is -0.384. The SMILES string of the molecule is COc1ccc(CSC2=NC(C)=CC(c3cccc([N+](=O)[O-])c3Cl)N2C(=O)O)cc1. The summed E-state index contributed by atoms with van der Waals surface area (Å²) < 4.78 is 5.14. The van der Waals surface area contributed by atoms with Crippen molar-refractivity contribution in [3.8, 4) is 5.75 Å². The topological polar surface area (TPSA) is 105 Å². The molecule has 1 aliphatic rings. The predicted octanol–water partition coefficient (Wildman–Crippen LogP) is 5.48. The zero-order chi connectivity index (χ0) is 21.8. The maximum Gasteiger partial charge on any atom is 0.414 e. The van der Waals surface area contributed by atoms with Gasteiger partial charge in [0, 0.05) is 23.1 Å². The number of nitro groups is 1. The number of ether oxygens (including phenoxy) is 1. The van der Waals surface area contributed by atoms with Gasteiger partial charge in [0.1, 0.15) is 10.8 Å². The molecular weight excluding hydrogens is 430 g/mol. The Balaban J connectivity index is 1.92. The fraction of sp³-hybridized carbons (Fsp3) is 0.200. The number of amides is 1. The maximum atomic E-state index is 12.1. The second kappa shape index (κ2) is 9.19. The van der Waals surface area contributed by atoms with Gasteiger partial charge in [0.15, 0.2) is 5.17 Å². The van der Waals surface area contributed by atoms with E-state index in [2.05, 4.69) is 4.99 Å². The van der Waals surface area contributed by atoms with E-state index >= 15 is 0 Å². The van der Waals surface area contributed by atoms with Crippen LogP contribution in [0.3, 0.4) is 0 Å². The van der Waals surface area contributed by atoms with E-state index in [0.29, 0.717) is 17.0 Å². The number of aliphatic imine (C=N–C) groups is 1. The molecule has 1 unspecified atom stereocenters. The van der Waals surface area contributed by atoms with Gasteiger partial charge in [-0.15, -0.1) is 0 Å². The Bertz CT molecular complexity index is 1040. The average Bonchev–Trinajstić information content (AvgIpc) is 2.71. The van der Waals surface area contributed by atoms with Gasteiger partial charge in [-0.2, -0.15) is 0 Å². The molecule has 0 saturated carbocycles. The van der Waals surface area contributed by atoms with E-state index < -0.39 is 17.1 Å². The molecule has 0 aliphatic carbocycles. The van der Waals surface area contributed by atoms with E-state index in [-0.39, 0.29) is 15.9 Å². The third-order valence-electron chi connectivity index (χ3n) is 4.41. The highest BCUT2D eigenvalue weighted by Crippen LogP contribution is 2.39. The first-order chi connectivity index (χ1) is 14.3. The van der Waals surface area contributed by atoms with Crippen molar-refractivity contribution < 1.29 is 19.6 Å². The van der Waals surface area contributed by atoms with Crippen LogP contribution in [0.4, 0.5) is 10.5 Å². The lowest BCUT2D eigenvalue weighted by Gasteiger charge is -2.31. The largest absolute Gasteiger partial charge is 0.497 e. The van der Waals surface area contributed by atoms with Gasteiger partial charge in [-0.3, -0.25) is 10.1 Å². The van der Waals surface area contributed by atoms with E-state index in [0.717, 1.165) is 16.2 Å². The third kappa shape index (κ3) is 4.58. The molecule has 0 fully saturated rings. The Morgan fingerprint density at radius 3 is 2.63 bits per heavy atom. The van der Waals surface area contributed by atoms with Crippen molar-refractivity contribution in [2.24, 2.45) is 4.99 Å². The molecule has 1 amide bonds. The Morgan fingerprint density at radius 1 is 1.33 bits per heavy atom. The Morgan fingerprint density at radius 2 is 2.03 bits per heavy atom. The molecule has 10 heteroatoms. The summed E-state index contributed by atoms with van der Waals surface area (Å²) in [7, 11) is 1.58. The molecule has 1 aliphatic heterocycles. The molecule has 0 bridgehead atoms. The summed E-state index contributed by atoms with van der Waals surface area (Å²) in [4.78, 5) is 28.2. The fourth-order valence-corrected chi connectivity index (χ4v) is 4.31.